The number of nitrogens with zero attached hydrogens (tertiary/aromatic N) is 1. The minimum Gasteiger partial charge on any atom is -0.462 e. The van der Waals surface area contributed by atoms with Crippen LogP contribution in [0.5, 0.6) is 0 Å². The second-order valence-corrected chi connectivity index (χ2v) is 15.2. The Morgan fingerprint density at radius 1 is 0.981 bits per heavy atom. The van der Waals surface area contributed by atoms with Crippen LogP contribution >= 0.6 is 0 Å². The zero-order valence-corrected chi connectivity index (χ0v) is 33.1. The highest BCUT2D eigenvalue weighted by Gasteiger charge is 2.27. The molecule has 3 atom stereocenters. The van der Waals surface area contributed by atoms with Gasteiger partial charge in [0.15, 0.2) is 6.29 Å². The molecule has 0 aliphatic heterocycles. The van der Waals surface area contributed by atoms with Crippen molar-refractivity contribution in [3.8, 4) is 0 Å². The summed E-state index contributed by atoms with van der Waals surface area (Å²) in [5, 5.41) is 15.1. The van der Waals surface area contributed by atoms with Crippen molar-refractivity contribution < 1.29 is 52.5 Å². The number of rotatable bonds is 20. The first-order valence-electron chi connectivity index (χ1n) is 17.8. The SMILES string of the molecule is Cc1ccc(Nc2c(C(=O)NOCCOC(=O)C(C)NC(=O)CCCC(=O)OCC(OC(CO)CC(C)(C)C)OC(C)(C)C)cc(C)c(=O)n2C)c(F)c1. The number of aromatic nitrogens is 1. The molecule has 2 amide bonds. The molecule has 54 heavy (non-hydrogen) atoms. The van der Waals surface area contributed by atoms with Gasteiger partial charge in [0.05, 0.1) is 29.6 Å². The van der Waals surface area contributed by atoms with E-state index in [2.05, 4.69) is 16.1 Å². The second-order valence-electron chi connectivity index (χ2n) is 15.2. The Balaban J connectivity index is 1.77. The van der Waals surface area contributed by atoms with Crippen molar-refractivity contribution in [1.82, 2.24) is 15.4 Å². The van der Waals surface area contributed by atoms with E-state index >= 15 is 0 Å². The van der Waals surface area contributed by atoms with E-state index in [0.29, 0.717) is 12.0 Å². The molecule has 302 valence electrons. The van der Waals surface area contributed by atoms with Gasteiger partial charge < -0.3 is 34.7 Å². The maximum atomic E-state index is 14.5. The number of nitrogens with one attached hydrogen (secondary N) is 3. The number of carbonyl (C=O) groups is 4. The van der Waals surface area contributed by atoms with Crippen molar-refractivity contribution in [2.75, 3.05) is 31.7 Å². The van der Waals surface area contributed by atoms with Gasteiger partial charge in [-0.15, -0.1) is 0 Å². The quantitative estimate of drug-likeness (QED) is 0.0649. The van der Waals surface area contributed by atoms with Crippen molar-refractivity contribution in [2.24, 2.45) is 12.5 Å². The molecule has 4 N–H and O–H groups in total. The fourth-order valence-corrected chi connectivity index (χ4v) is 5.09. The Kier molecular flexibility index (Phi) is 17.7. The Labute approximate surface area is 316 Å². The number of hydrogen-bond acceptors (Lipinski definition) is 12. The number of anilines is 2. The molecule has 0 radical (unpaired) electrons. The molecule has 0 bridgehead atoms. The van der Waals surface area contributed by atoms with E-state index in [1.807, 2.05) is 41.5 Å². The van der Waals surface area contributed by atoms with Crippen LogP contribution in [0.25, 0.3) is 0 Å². The Morgan fingerprint density at radius 3 is 2.28 bits per heavy atom. The van der Waals surface area contributed by atoms with Gasteiger partial charge in [-0.3, -0.25) is 28.6 Å². The first-order valence-corrected chi connectivity index (χ1v) is 17.8. The van der Waals surface area contributed by atoms with Crippen LogP contribution in [0.1, 0.15) is 95.6 Å². The van der Waals surface area contributed by atoms with E-state index in [1.165, 1.54) is 43.7 Å². The fourth-order valence-electron chi connectivity index (χ4n) is 5.09. The summed E-state index contributed by atoms with van der Waals surface area (Å²) < 4.78 is 38.0. The number of ether oxygens (including phenoxy) is 4. The number of esters is 2. The van der Waals surface area contributed by atoms with Gasteiger partial charge in [0.1, 0.15) is 37.5 Å². The van der Waals surface area contributed by atoms with E-state index in [0.717, 1.165) is 0 Å². The Hall–Kier alpha value is -4.38. The van der Waals surface area contributed by atoms with Gasteiger partial charge in [-0.2, -0.15) is 0 Å². The second kappa shape index (κ2) is 20.9. The normalized spacial score (nSPS) is 13.4. The third-order valence-corrected chi connectivity index (χ3v) is 7.58. The van der Waals surface area contributed by atoms with Crippen molar-refractivity contribution in [1.29, 1.82) is 0 Å². The van der Waals surface area contributed by atoms with E-state index in [-0.39, 0.29) is 79.3 Å². The third kappa shape index (κ3) is 16.3. The third-order valence-electron chi connectivity index (χ3n) is 7.58. The van der Waals surface area contributed by atoms with Crippen molar-refractivity contribution in [3.05, 3.63) is 57.1 Å². The number of halogens is 1. The van der Waals surface area contributed by atoms with Crippen LogP contribution in [0.15, 0.2) is 29.1 Å². The lowest BCUT2D eigenvalue weighted by Crippen LogP contribution is -2.40. The van der Waals surface area contributed by atoms with Crippen molar-refractivity contribution in [2.45, 2.75) is 112 Å². The van der Waals surface area contributed by atoms with Crippen molar-refractivity contribution in [3.63, 3.8) is 0 Å². The monoisotopic (exact) mass is 764 g/mol. The predicted molar refractivity (Wildman–Crippen MR) is 198 cm³/mol. The van der Waals surface area contributed by atoms with E-state index in [4.69, 9.17) is 23.8 Å². The van der Waals surface area contributed by atoms with Gasteiger partial charge in [0, 0.05) is 25.5 Å². The molecule has 2 aromatic rings. The highest BCUT2D eigenvalue weighted by molar-refractivity contribution is 5.99. The molecule has 16 heteroatoms. The summed E-state index contributed by atoms with van der Waals surface area (Å²) in [6.45, 7) is 15.3. The molecule has 3 unspecified atom stereocenters. The maximum absolute atomic E-state index is 14.5. The predicted octanol–water partition coefficient (Wildman–Crippen LogP) is 4.26. The minimum atomic E-state index is -1.01. The molecule has 0 aliphatic rings. The van der Waals surface area contributed by atoms with Crippen LogP contribution in [0.4, 0.5) is 15.9 Å². The molecular formula is C38H57FN4O11. The lowest BCUT2D eigenvalue weighted by molar-refractivity contribution is -0.241. The highest BCUT2D eigenvalue weighted by atomic mass is 19.1. The number of aliphatic hydroxyl groups is 1. The van der Waals surface area contributed by atoms with Gasteiger partial charge in [-0.05, 0) is 83.6 Å². The first kappa shape index (κ1) is 45.8. The molecule has 0 saturated heterocycles. The number of hydroxylamine groups is 1. The summed E-state index contributed by atoms with van der Waals surface area (Å²) in [4.78, 5) is 67.9. The molecule has 1 aromatic heterocycles. The summed E-state index contributed by atoms with van der Waals surface area (Å²) in [5.74, 6) is -3.07. The van der Waals surface area contributed by atoms with E-state index in [9.17, 15) is 33.5 Å². The number of pyridine rings is 1. The van der Waals surface area contributed by atoms with Crippen molar-refractivity contribution >= 4 is 35.3 Å². The summed E-state index contributed by atoms with van der Waals surface area (Å²) in [5.41, 5.74) is 2.16. The van der Waals surface area contributed by atoms with Crippen LogP contribution in [0.3, 0.4) is 0 Å². The number of amides is 2. The number of aryl methyl sites for hydroxylation is 2. The molecular weight excluding hydrogens is 707 g/mol. The fraction of sp³-hybridized carbons (Fsp3) is 0.605. The summed E-state index contributed by atoms with van der Waals surface area (Å²) >= 11 is 0. The van der Waals surface area contributed by atoms with Gasteiger partial charge in [-0.1, -0.05) is 26.8 Å². The van der Waals surface area contributed by atoms with Gasteiger partial charge in [0.2, 0.25) is 5.91 Å². The average Bonchev–Trinajstić information content (AvgIpc) is 3.06. The summed E-state index contributed by atoms with van der Waals surface area (Å²) in [6.07, 6.45) is -0.825. The Bertz CT molecular complexity index is 1650. The zero-order valence-electron chi connectivity index (χ0n) is 33.1. The molecule has 1 heterocycles. The first-order chi connectivity index (χ1) is 25.1. The molecule has 15 nitrogen and oxygen atoms in total. The molecule has 0 spiro atoms. The molecule has 0 fully saturated rings. The summed E-state index contributed by atoms with van der Waals surface area (Å²) in [7, 11) is 1.44. The molecule has 0 saturated carbocycles. The van der Waals surface area contributed by atoms with Crippen LogP contribution in [-0.4, -0.2) is 83.9 Å². The standard InChI is InChI=1S/C38H57FN4O11/c1-23-14-15-29(28(39)18-23)41-33-27(19-24(2)35(48)43(33)10)34(47)42-52-17-16-50-36(49)25(3)40-30(45)12-11-13-31(46)51-22-32(54-38(7,8)9)53-26(21-44)20-37(4,5)6/h14-15,18-19,25-26,32,41,44H,11-13,16-17,20-22H2,1-10H3,(H,40,45)(H,42,47). The zero-order chi connectivity index (χ0) is 40.8. The van der Waals surface area contributed by atoms with Gasteiger partial charge >= 0.3 is 11.9 Å². The smallest absolute Gasteiger partial charge is 0.328 e. The number of aliphatic hydroxyl groups excluding tert-OH is 1. The summed E-state index contributed by atoms with van der Waals surface area (Å²) in [6, 6.07) is 4.81. The topological polar surface area (TPSA) is 193 Å². The molecule has 2 rings (SSSR count). The van der Waals surface area contributed by atoms with Crippen LogP contribution in [0, 0.1) is 25.1 Å². The van der Waals surface area contributed by atoms with Crippen LogP contribution in [0.2, 0.25) is 0 Å². The number of carbonyl (C=O) groups excluding carboxylic acids is 4. The van der Waals surface area contributed by atoms with E-state index in [1.54, 1.807) is 13.0 Å². The van der Waals surface area contributed by atoms with Crippen LogP contribution < -0.4 is 21.7 Å². The molecule has 1 aromatic carbocycles. The van der Waals surface area contributed by atoms with Gasteiger partial charge in [0.25, 0.3) is 11.5 Å². The average molecular weight is 765 g/mol. The number of benzene rings is 1. The highest BCUT2D eigenvalue weighted by Crippen LogP contribution is 2.25. The lowest BCUT2D eigenvalue weighted by atomic mass is 9.89. The minimum absolute atomic E-state index is 0.00623. The lowest BCUT2D eigenvalue weighted by Gasteiger charge is -2.32. The maximum Gasteiger partial charge on any atom is 0.328 e. The van der Waals surface area contributed by atoms with Gasteiger partial charge in [-0.25, -0.2) is 14.7 Å². The van der Waals surface area contributed by atoms with E-state index < -0.39 is 53.6 Å². The molecule has 0 aliphatic carbocycles. The number of hydrogen-bond donors (Lipinski definition) is 4. The Morgan fingerprint density at radius 2 is 1.67 bits per heavy atom. The van der Waals surface area contributed by atoms with Crippen LogP contribution in [-0.2, 0) is 45.2 Å². The largest absolute Gasteiger partial charge is 0.462 e.